The van der Waals surface area contributed by atoms with Crippen molar-refractivity contribution in [3.63, 3.8) is 0 Å². The minimum absolute atomic E-state index is 0.665. The van der Waals surface area contributed by atoms with Crippen molar-refractivity contribution < 1.29 is 4.74 Å². The van der Waals surface area contributed by atoms with E-state index in [1.807, 2.05) is 31.2 Å². The molecule has 7 nitrogen and oxygen atoms in total. The van der Waals surface area contributed by atoms with Gasteiger partial charge in [0.05, 0.1) is 24.5 Å². The smallest absolute Gasteiger partial charge is 0.213 e. The lowest BCUT2D eigenvalue weighted by molar-refractivity contribution is 0.245. The number of anilines is 1. The van der Waals surface area contributed by atoms with Gasteiger partial charge < -0.3 is 9.64 Å². The molecule has 4 heterocycles. The number of aromatic nitrogens is 4. The molecule has 0 aliphatic carbocycles. The molecular formula is C19H22N6O. The molecule has 0 saturated carbocycles. The van der Waals surface area contributed by atoms with E-state index in [0.717, 1.165) is 61.0 Å². The normalized spacial score (nSPS) is 15.4. The lowest BCUT2D eigenvalue weighted by atomic mass is 10.2. The summed E-state index contributed by atoms with van der Waals surface area (Å²) in [5.74, 6) is 2.45. The Morgan fingerprint density at radius 1 is 1.04 bits per heavy atom. The van der Waals surface area contributed by atoms with E-state index in [0.29, 0.717) is 5.88 Å². The lowest BCUT2D eigenvalue weighted by Crippen LogP contribution is -2.46. The van der Waals surface area contributed by atoms with Crippen LogP contribution in [0.4, 0.5) is 5.82 Å². The topological polar surface area (TPSA) is 67.3 Å². The zero-order chi connectivity index (χ0) is 17.9. The molecule has 0 bridgehead atoms. The summed E-state index contributed by atoms with van der Waals surface area (Å²) >= 11 is 0. The number of fused-ring (bicyclic) bond motifs is 1. The first-order valence-electron chi connectivity index (χ1n) is 8.78. The minimum Gasteiger partial charge on any atom is -0.481 e. The van der Waals surface area contributed by atoms with E-state index in [-0.39, 0.29) is 0 Å². The molecule has 0 radical (unpaired) electrons. The molecule has 1 aliphatic rings. The molecule has 3 aromatic heterocycles. The Morgan fingerprint density at radius 3 is 2.69 bits per heavy atom. The van der Waals surface area contributed by atoms with Crippen LogP contribution in [0.1, 0.15) is 11.5 Å². The Kier molecular flexibility index (Phi) is 4.62. The van der Waals surface area contributed by atoms with E-state index in [4.69, 9.17) is 9.72 Å². The highest BCUT2D eigenvalue weighted by Gasteiger charge is 2.21. The Balaban J connectivity index is 1.47. The number of hydrogen-bond acceptors (Lipinski definition) is 7. The van der Waals surface area contributed by atoms with Crippen LogP contribution in [0.25, 0.3) is 10.9 Å². The van der Waals surface area contributed by atoms with Gasteiger partial charge in [0.25, 0.3) is 0 Å². The number of rotatable bonds is 4. The molecule has 1 fully saturated rings. The summed E-state index contributed by atoms with van der Waals surface area (Å²) in [7, 11) is 1.65. The molecular weight excluding hydrogens is 328 g/mol. The summed E-state index contributed by atoms with van der Waals surface area (Å²) < 4.78 is 5.21. The molecule has 0 amide bonds. The molecule has 0 unspecified atom stereocenters. The van der Waals surface area contributed by atoms with Crippen LogP contribution in [-0.2, 0) is 6.54 Å². The standard InChI is InChI=1S/C19H22N6O/c1-14-21-17-12-20-7-6-16(17)19(22-14)25-10-8-24(9-11-25)13-15-4-3-5-18(23-15)26-2/h3-7,12H,8-11,13H2,1-2H3. The highest BCUT2D eigenvalue weighted by atomic mass is 16.5. The first kappa shape index (κ1) is 16.7. The SMILES string of the molecule is COc1cccc(CN2CCN(c3nc(C)nc4cnccc34)CC2)n1. The number of piperazine rings is 1. The van der Waals surface area contributed by atoms with Gasteiger partial charge in [-0.15, -0.1) is 0 Å². The van der Waals surface area contributed by atoms with Gasteiger partial charge in [-0.3, -0.25) is 9.88 Å². The minimum atomic E-state index is 0.665. The van der Waals surface area contributed by atoms with E-state index in [1.54, 1.807) is 19.5 Å². The van der Waals surface area contributed by atoms with Gasteiger partial charge in [-0.05, 0) is 19.1 Å². The van der Waals surface area contributed by atoms with Gasteiger partial charge in [-0.2, -0.15) is 0 Å². The van der Waals surface area contributed by atoms with Gasteiger partial charge in [0.2, 0.25) is 5.88 Å². The van der Waals surface area contributed by atoms with Crippen molar-refractivity contribution in [1.82, 2.24) is 24.8 Å². The zero-order valence-electron chi connectivity index (χ0n) is 15.1. The van der Waals surface area contributed by atoms with Crippen LogP contribution in [0.3, 0.4) is 0 Å². The molecule has 26 heavy (non-hydrogen) atoms. The maximum atomic E-state index is 5.21. The Labute approximate surface area is 152 Å². The third-order valence-corrected chi connectivity index (χ3v) is 4.64. The van der Waals surface area contributed by atoms with Gasteiger partial charge in [0, 0.05) is 50.4 Å². The molecule has 3 aromatic rings. The zero-order valence-corrected chi connectivity index (χ0v) is 15.1. The van der Waals surface area contributed by atoms with Crippen molar-refractivity contribution >= 4 is 16.7 Å². The van der Waals surface area contributed by atoms with E-state index < -0.39 is 0 Å². The van der Waals surface area contributed by atoms with Gasteiger partial charge in [-0.1, -0.05) is 6.07 Å². The summed E-state index contributed by atoms with van der Waals surface area (Å²) in [6.45, 7) is 6.55. The Bertz CT molecular complexity index is 907. The maximum Gasteiger partial charge on any atom is 0.213 e. The summed E-state index contributed by atoms with van der Waals surface area (Å²) in [6.07, 6.45) is 3.60. The van der Waals surface area contributed by atoms with Crippen LogP contribution < -0.4 is 9.64 Å². The third-order valence-electron chi connectivity index (χ3n) is 4.64. The van der Waals surface area contributed by atoms with Crippen LogP contribution >= 0.6 is 0 Å². The summed E-state index contributed by atoms with van der Waals surface area (Å²) in [5, 5.41) is 1.06. The second kappa shape index (κ2) is 7.21. The number of ether oxygens (including phenoxy) is 1. The van der Waals surface area contributed by atoms with Crippen molar-refractivity contribution in [2.45, 2.75) is 13.5 Å². The van der Waals surface area contributed by atoms with Crippen LogP contribution in [0.2, 0.25) is 0 Å². The predicted molar refractivity (Wildman–Crippen MR) is 100 cm³/mol. The molecule has 0 atom stereocenters. The highest BCUT2D eigenvalue weighted by Crippen LogP contribution is 2.24. The number of nitrogens with zero attached hydrogens (tertiary/aromatic N) is 6. The number of pyridine rings is 2. The van der Waals surface area contributed by atoms with Crippen molar-refractivity contribution in [1.29, 1.82) is 0 Å². The van der Waals surface area contributed by atoms with Crippen LogP contribution in [0, 0.1) is 6.92 Å². The van der Waals surface area contributed by atoms with E-state index >= 15 is 0 Å². The molecule has 0 aromatic carbocycles. The Morgan fingerprint density at radius 2 is 1.88 bits per heavy atom. The fraction of sp³-hybridized carbons (Fsp3) is 0.368. The summed E-state index contributed by atoms with van der Waals surface area (Å²) in [6, 6.07) is 7.90. The summed E-state index contributed by atoms with van der Waals surface area (Å²) in [5.41, 5.74) is 1.94. The average Bonchev–Trinajstić information content (AvgIpc) is 2.68. The molecule has 7 heteroatoms. The van der Waals surface area contributed by atoms with Crippen LogP contribution in [-0.4, -0.2) is 58.1 Å². The van der Waals surface area contributed by atoms with Crippen LogP contribution in [0.5, 0.6) is 5.88 Å². The van der Waals surface area contributed by atoms with Crippen molar-refractivity contribution in [3.05, 3.63) is 48.2 Å². The van der Waals surface area contributed by atoms with Crippen molar-refractivity contribution in [2.75, 3.05) is 38.2 Å². The van der Waals surface area contributed by atoms with Gasteiger partial charge in [0.1, 0.15) is 11.6 Å². The van der Waals surface area contributed by atoms with E-state index in [2.05, 4.69) is 24.8 Å². The predicted octanol–water partition coefficient (Wildman–Crippen LogP) is 2.06. The number of methoxy groups -OCH3 is 1. The van der Waals surface area contributed by atoms with Gasteiger partial charge >= 0.3 is 0 Å². The Hall–Kier alpha value is -2.80. The van der Waals surface area contributed by atoms with E-state index in [9.17, 15) is 0 Å². The molecule has 134 valence electrons. The second-order valence-corrected chi connectivity index (χ2v) is 6.42. The fourth-order valence-electron chi connectivity index (χ4n) is 3.32. The molecule has 0 spiro atoms. The lowest BCUT2D eigenvalue weighted by Gasteiger charge is -2.35. The monoisotopic (exact) mass is 350 g/mol. The fourth-order valence-corrected chi connectivity index (χ4v) is 3.32. The van der Waals surface area contributed by atoms with Crippen molar-refractivity contribution in [2.24, 2.45) is 0 Å². The molecule has 1 saturated heterocycles. The third kappa shape index (κ3) is 3.43. The summed E-state index contributed by atoms with van der Waals surface area (Å²) in [4.78, 5) is 22.6. The largest absolute Gasteiger partial charge is 0.481 e. The van der Waals surface area contributed by atoms with Crippen molar-refractivity contribution in [3.8, 4) is 5.88 Å². The van der Waals surface area contributed by atoms with E-state index in [1.165, 1.54) is 0 Å². The molecule has 4 rings (SSSR count). The molecule has 1 aliphatic heterocycles. The highest BCUT2D eigenvalue weighted by molar-refractivity contribution is 5.88. The maximum absolute atomic E-state index is 5.21. The van der Waals surface area contributed by atoms with Gasteiger partial charge in [-0.25, -0.2) is 15.0 Å². The average molecular weight is 350 g/mol. The quantitative estimate of drug-likeness (QED) is 0.713. The number of aryl methyl sites for hydroxylation is 1. The first-order valence-corrected chi connectivity index (χ1v) is 8.78. The molecule has 0 N–H and O–H groups in total. The van der Waals surface area contributed by atoms with Crippen LogP contribution in [0.15, 0.2) is 36.7 Å². The first-order chi connectivity index (χ1) is 12.7. The second-order valence-electron chi connectivity index (χ2n) is 6.42. The number of hydrogen-bond donors (Lipinski definition) is 0. The van der Waals surface area contributed by atoms with Gasteiger partial charge in [0.15, 0.2) is 0 Å².